The molecular weight excluding hydrogens is 186 g/mol. The van der Waals surface area contributed by atoms with E-state index in [-0.39, 0.29) is 0 Å². The third-order valence-corrected chi connectivity index (χ3v) is 2.87. The first-order valence-corrected chi connectivity index (χ1v) is 5.71. The minimum atomic E-state index is 0.339. The maximum atomic E-state index is 4.17. The highest BCUT2D eigenvalue weighted by atomic mass is 15.3. The predicted molar refractivity (Wildman–Crippen MR) is 63.8 cm³/mol. The topological polar surface area (TPSA) is 29.9 Å². The van der Waals surface area contributed by atoms with Crippen molar-refractivity contribution in [3.8, 4) is 0 Å². The number of nitrogens with zero attached hydrogens (tertiary/aromatic N) is 2. The minimum Gasteiger partial charge on any atom is -0.314 e. The molecule has 0 aliphatic heterocycles. The molecule has 1 unspecified atom stereocenters. The van der Waals surface area contributed by atoms with E-state index >= 15 is 0 Å². The molecule has 1 N–H and O–H groups in total. The zero-order chi connectivity index (χ0) is 11.3. The van der Waals surface area contributed by atoms with Crippen LogP contribution in [0.3, 0.4) is 0 Å². The Morgan fingerprint density at radius 1 is 1.40 bits per heavy atom. The Hall–Kier alpha value is -0.830. The molecule has 0 aliphatic rings. The molecule has 0 saturated heterocycles. The van der Waals surface area contributed by atoms with Crippen LogP contribution in [-0.2, 0) is 6.54 Å². The minimum absolute atomic E-state index is 0.339. The summed E-state index contributed by atoms with van der Waals surface area (Å²) in [5.41, 5.74) is 0.339. The van der Waals surface area contributed by atoms with Crippen molar-refractivity contribution in [3.63, 3.8) is 0 Å². The van der Waals surface area contributed by atoms with Gasteiger partial charge in [-0.2, -0.15) is 5.10 Å². The molecule has 0 saturated carbocycles. The first-order chi connectivity index (χ1) is 7.00. The molecule has 0 fully saturated rings. The number of nitrogens with one attached hydrogen (secondary N) is 1. The van der Waals surface area contributed by atoms with Crippen molar-refractivity contribution in [2.75, 3.05) is 6.54 Å². The Bertz CT molecular complexity index is 259. The third-order valence-electron chi connectivity index (χ3n) is 2.87. The van der Waals surface area contributed by atoms with Crippen LogP contribution in [-0.4, -0.2) is 22.4 Å². The van der Waals surface area contributed by atoms with E-state index < -0.39 is 0 Å². The largest absolute Gasteiger partial charge is 0.314 e. The monoisotopic (exact) mass is 209 g/mol. The fourth-order valence-corrected chi connectivity index (χ4v) is 1.30. The summed E-state index contributed by atoms with van der Waals surface area (Å²) in [6, 6.07) is 2.51. The average molecular weight is 209 g/mol. The van der Waals surface area contributed by atoms with E-state index in [1.807, 2.05) is 23.1 Å². The highest BCUT2D eigenvalue weighted by Crippen LogP contribution is 2.18. The Morgan fingerprint density at radius 2 is 2.13 bits per heavy atom. The van der Waals surface area contributed by atoms with Crippen molar-refractivity contribution in [3.05, 3.63) is 18.5 Å². The summed E-state index contributed by atoms with van der Waals surface area (Å²) in [6.45, 7) is 11.1. The van der Waals surface area contributed by atoms with Crippen LogP contribution in [0.25, 0.3) is 0 Å². The lowest BCUT2D eigenvalue weighted by molar-refractivity contribution is 0.284. The fourth-order valence-electron chi connectivity index (χ4n) is 1.30. The molecule has 0 radical (unpaired) electrons. The van der Waals surface area contributed by atoms with Crippen LogP contribution in [0.1, 0.15) is 34.1 Å². The van der Waals surface area contributed by atoms with Gasteiger partial charge in [0.2, 0.25) is 0 Å². The predicted octanol–water partition coefficient (Wildman–Crippen LogP) is 2.30. The average Bonchev–Trinajstić information content (AvgIpc) is 2.63. The molecule has 1 heterocycles. The third kappa shape index (κ3) is 4.47. The van der Waals surface area contributed by atoms with Crippen molar-refractivity contribution in [1.82, 2.24) is 15.1 Å². The zero-order valence-electron chi connectivity index (χ0n) is 10.3. The molecule has 0 aliphatic carbocycles. The first kappa shape index (κ1) is 12.2. The number of hydrogen-bond donors (Lipinski definition) is 1. The van der Waals surface area contributed by atoms with E-state index in [2.05, 4.69) is 38.1 Å². The summed E-state index contributed by atoms with van der Waals surface area (Å²) < 4.78 is 1.98. The fraction of sp³-hybridized carbons (Fsp3) is 0.750. The SMILES string of the molecule is CC(NCCCn1cccn1)C(C)(C)C. The van der Waals surface area contributed by atoms with Crippen LogP contribution >= 0.6 is 0 Å². The van der Waals surface area contributed by atoms with Gasteiger partial charge in [-0.05, 0) is 31.4 Å². The Morgan fingerprint density at radius 3 is 2.67 bits per heavy atom. The second kappa shape index (κ2) is 5.31. The maximum Gasteiger partial charge on any atom is 0.0489 e. The summed E-state index contributed by atoms with van der Waals surface area (Å²) in [4.78, 5) is 0. The van der Waals surface area contributed by atoms with Gasteiger partial charge in [-0.15, -0.1) is 0 Å². The lowest BCUT2D eigenvalue weighted by Crippen LogP contribution is -2.38. The van der Waals surface area contributed by atoms with Crippen molar-refractivity contribution in [2.24, 2.45) is 5.41 Å². The van der Waals surface area contributed by atoms with Gasteiger partial charge in [0.25, 0.3) is 0 Å². The summed E-state index contributed by atoms with van der Waals surface area (Å²) in [6.07, 6.45) is 4.96. The molecule has 0 aromatic carbocycles. The van der Waals surface area contributed by atoms with E-state index in [9.17, 15) is 0 Å². The van der Waals surface area contributed by atoms with Crippen LogP contribution in [0, 0.1) is 5.41 Å². The number of hydrogen-bond acceptors (Lipinski definition) is 2. The second-order valence-corrected chi connectivity index (χ2v) is 5.16. The van der Waals surface area contributed by atoms with Gasteiger partial charge in [0.15, 0.2) is 0 Å². The Labute approximate surface area is 92.9 Å². The molecule has 15 heavy (non-hydrogen) atoms. The molecule has 1 rings (SSSR count). The molecule has 1 aromatic rings. The van der Waals surface area contributed by atoms with Crippen LogP contribution < -0.4 is 5.32 Å². The van der Waals surface area contributed by atoms with Crippen molar-refractivity contribution in [1.29, 1.82) is 0 Å². The van der Waals surface area contributed by atoms with Crippen LogP contribution in [0.5, 0.6) is 0 Å². The second-order valence-electron chi connectivity index (χ2n) is 5.16. The first-order valence-electron chi connectivity index (χ1n) is 5.71. The van der Waals surface area contributed by atoms with Gasteiger partial charge in [0.05, 0.1) is 0 Å². The van der Waals surface area contributed by atoms with Gasteiger partial charge in [-0.3, -0.25) is 4.68 Å². The lowest BCUT2D eigenvalue weighted by Gasteiger charge is -2.28. The molecule has 1 atom stereocenters. The summed E-state index contributed by atoms with van der Waals surface area (Å²) in [5, 5.41) is 7.71. The van der Waals surface area contributed by atoms with Crippen molar-refractivity contribution >= 4 is 0 Å². The summed E-state index contributed by atoms with van der Waals surface area (Å²) in [7, 11) is 0. The van der Waals surface area contributed by atoms with Gasteiger partial charge in [0, 0.05) is 25.0 Å². The van der Waals surface area contributed by atoms with Crippen LogP contribution in [0.15, 0.2) is 18.5 Å². The maximum absolute atomic E-state index is 4.17. The molecule has 3 nitrogen and oxygen atoms in total. The highest BCUT2D eigenvalue weighted by molar-refractivity contribution is 4.78. The normalized spacial score (nSPS) is 14.1. The van der Waals surface area contributed by atoms with Gasteiger partial charge in [-0.1, -0.05) is 20.8 Å². The molecule has 3 heteroatoms. The highest BCUT2D eigenvalue weighted by Gasteiger charge is 2.18. The molecular formula is C12H23N3. The van der Waals surface area contributed by atoms with E-state index in [1.165, 1.54) is 0 Å². The summed E-state index contributed by atoms with van der Waals surface area (Å²) in [5.74, 6) is 0. The molecule has 0 spiro atoms. The van der Waals surface area contributed by atoms with Crippen LogP contribution in [0.4, 0.5) is 0 Å². The molecule has 86 valence electrons. The van der Waals surface area contributed by atoms with Gasteiger partial charge in [-0.25, -0.2) is 0 Å². The number of aromatic nitrogens is 2. The molecule has 1 aromatic heterocycles. The van der Waals surface area contributed by atoms with E-state index in [0.717, 1.165) is 19.5 Å². The zero-order valence-corrected chi connectivity index (χ0v) is 10.3. The number of aryl methyl sites for hydroxylation is 1. The lowest BCUT2D eigenvalue weighted by atomic mass is 9.88. The van der Waals surface area contributed by atoms with Crippen molar-refractivity contribution < 1.29 is 0 Å². The quantitative estimate of drug-likeness (QED) is 0.754. The van der Waals surface area contributed by atoms with Gasteiger partial charge >= 0.3 is 0 Å². The molecule has 0 amide bonds. The van der Waals surface area contributed by atoms with E-state index in [0.29, 0.717) is 11.5 Å². The Balaban J connectivity index is 2.12. The van der Waals surface area contributed by atoms with Crippen LogP contribution in [0.2, 0.25) is 0 Å². The van der Waals surface area contributed by atoms with E-state index in [1.54, 1.807) is 0 Å². The summed E-state index contributed by atoms with van der Waals surface area (Å²) >= 11 is 0. The van der Waals surface area contributed by atoms with Crippen molar-refractivity contribution in [2.45, 2.75) is 46.7 Å². The van der Waals surface area contributed by atoms with E-state index in [4.69, 9.17) is 0 Å². The van der Waals surface area contributed by atoms with Gasteiger partial charge < -0.3 is 5.32 Å². The molecule has 0 bridgehead atoms. The van der Waals surface area contributed by atoms with Gasteiger partial charge in [0.1, 0.15) is 0 Å². The smallest absolute Gasteiger partial charge is 0.0489 e. The standard InChI is InChI=1S/C12H23N3/c1-11(12(2,3)4)13-7-5-9-15-10-6-8-14-15/h6,8,10-11,13H,5,7,9H2,1-4H3. The Kier molecular flexibility index (Phi) is 4.33. The number of rotatable bonds is 5.